The van der Waals surface area contributed by atoms with Crippen molar-refractivity contribution in [3.8, 4) is 0 Å². The average Bonchev–Trinajstić information content (AvgIpc) is 2.60. The van der Waals surface area contributed by atoms with Crippen LogP contribution in [0.2, 0.25) is 0 Å². The fourth-order valence-corrected chi connectivity index (χ4v) is 3.74. The number of allylic oxidation sites excluding steroid dienone is 1. The predicted octanol–water partition coefficient (Wildman–Crippen LogP) is 3.68. The second-order valence-corrected chi connectivity index (χ2v) is 5.85. The molecule has 0 aromatic carbocycles. The molecule has 3 rings (SSSR count). The van der Waals surface area contributed by atoms with E-state index in [2.05, 4.69) is 34.3 Å². The molecule has 2 aliphatic heterocycles. The minimum atomic E-state index is 0.254. The first-order valence-electron chi connectivity index (χ1n) is 7.37. The Morgan fingerprint density at radius 1 is 0.944 bits per heavy atom. The Hall–Kier alpha value is -0.960. The van der Waals surface area contributed by atoms with Crippen molar-refractivity contribution in [1.29, 1.82) is 5.53 Å². The summed E-state index contributed by atoms with van der Waals surface area (Å²) in [6.07, 6.45) is 18.2. The van der Waals surface area contributed by atoms with Gasteiger partial charge in [0.05, 0.1) is 6.04 Å². The van der Waals surface area contributed by atoms with E-state index >= 15 is 0 Å². The zero-order valence-corrected chi connectivity index (χ0v) is 11.0. The lowest BCUT2D eigenvalue weighted by atomic mass is 9.92. The van der Waals surface area contributed by atoms with Crippen molar-refractivity contribution in [3.05, 3.63) is 24.3 Å². The number of hydrogen-bond acceptors (Lipinski definition) is 3. The molecule has 2 unspecified atom stereocenters. The molecule has 0 aromatic rings. The maximum atomic E-state index is 7.24. The lowest BCUT2D eigenvalue weighted by Crippen LogP contribution is -2.49. The molecule has 1 aliphatic carbocycles. The highest BCUT2D eigenvalue weighted by molar-refractivity contribution is 5.18. The van der Waals surface area contributed by atoms with Crippen LogP contribution in [0.25, 0.3) is 0 Å². The summed E-state index contributed by atoms with van der Waals surface area (Å²) in [5.74, 6) is 0. The highest BCUT2D eigenvalue weighted by Gasteiger charge is 2.39. The van der Waals surface area contributed by atoms with Crippen LogP contribution in [-0.2, 0) is 0 Å². The summed E-state index contributed by atoms with van der Waals surface area (Å²) in [6.45, 7) is 0. The fraction of sp³-hybridized carbons (Fsp3) is 0.733. The van der Waals surface area contributed by atoms with Gasteiger partial charge < -0.3 is 0 Å². The first-order chi connectivity index (χ1) is 8.88. The van der Waals surface area contributed by atoms with Crippen LogP contribution in [0.1, 0.15) is 44.9 Å². The van der Waals surface area contributed by atoms with Gasteiger partial charge in [0, 0.05) is 18.1 Å². The number of nitrogens with one attached hydrogen (secondary N) is 1. The highest BCUT2D eigenvalue weighted by atomic mass is 15.2. The van der Waals surface area contributed by atoms with Gasteiger partial charge in [-0.1, -0.05) is 37.1 Å². The van der Waals surface area contributed by atoms with Gasteiger partial charge in [0.15, 0.2) is 0 Å². The maximum Gasteiger partial charge on any atom is 0.0741 e. The zero-order chi connectivity index (χ0) is 12.4. The molecular weight excluding hydrogens is 222 g/mol. The summed E-state index contributed by atoms with van der Waals surface area (Å²) in [6, 6.07) is 1.92. The number of fused-ring (bicyclic) bond motifs is 2. The molecule has 3 aliphatic rings. The van der Waals surface area contributed by atoms with Crippen LogP contribution in [0.4, 0.5) is 0 Å². The summed E-state index contributed by atoms with van der Waals surface area (Å²) >= 11 is 0. The van der Waals surface area contributed by atoms with Crippen LogP contribution in [0, 0.1) is 5.53 Å². The van der Waals surface area contributed by atoms with Crippen molar-refractivity contribution in [3.63, 3.8) is 0 Å². The first kappa shape index (κ1) is 12.1. The molecule has 98 valence electrons. The van der Waals surface area contributed by atoms with E-state index in [-0.39, 0.29) is 6.04 Å². The minimum absolute atomic E-state index is 0.254. The average molecular weight is 245 g/mol. The van der Waals surface area contributed by atoms with Gasteiger partial charge in [-0.2, -0.15) is 5.11 Å². The molecule has 2 heterocycles. The van der Waals surface area contributed by atoms with E-state index in [9.17, 15) is 0 Å². The van der Waals surface area contributed by atoms with Crippen LogP contribution in [0.15, 0.2) is 29.4 Å². The molecule has 1 fully saturated rings. The first-order valence-corrected chi connectivity index (χ1v) is 7.37. The largest absolute Gasteiger partial charge is 0.284 e. The third kappa shape index (κ3) is 2.28. The Balaban J connectivity index is 1.73. The Bertz CT molecular complexity index is 345. The summed E-state index contributed by atoms with van der Waals surface area (Å²) in [5, 5.41) is 3.77. The SMILES string of the molecule is N=NC1C[C@H]2C=C[C@@H](C1)N2C1/C=C\CCCCC1. The molecule has 3 nitrogen and oxygen atoms in total. The molecule has 3 heteroatoms. The minimum Gasteiger partial charge on any atom is -0.284 e. The summed E-state index contributed by atoms with van der Waals surface area (Å²) < 4.78 is 0. The molecule has 0 saturated carbocycles. The van der Waals surface area contributed by atoms with Gasteiger partial charge in [0.2, 0.25) is 0 Å². The van der Waals surface area contributed by atoms with Crippen LogP contribution in [0.5, 0.6) is 0 Å². The molecule has 18 heavy (non-hydrogen) atoms. The summed E-state index contributed by atoms with van der Waals surface area (Å²) in [7, 11) is 0. The lowest BCUT2D eigenvalue weighted by Gasteiger charge is -2.42. The second kappa shape index (κ2) is 5.35. The molecule has 4 atom stereocenters. The fourth-order valence-electron chi connectivity index (χ4n) is 3.74. The van der Waals surface area contributed by atoms with E-state index in [1.165, 1.54) is 32.1 Å². The smallest absolute Gasteiger partial charge is 0.0741 e. The summed E-state index contributed by atoms with van der Waals surface area (Å²) in [4.78, 5) is 2.67. The van der Waals surface area contributed by atoms with Gasteiger partial charge in [0.1, 0.15) is 0 Å². The van der Waals surface area contributed by atoms with E-state index in [0.29, 0.717) is 18.1 Å². The van der Waals surface area contributed by atoms with Crippen molar-refractivity contribution < 1.29 is 0 Å². The number of piperidine rings is 1. The number of nitrogens with zero attached hydrogens (tertiary/aromatic N) is 2. The Labute approximate surface area is 109 Å². The van der Waals surface area contributed by atoms with Crippen LogP contribution in [-0.4, -0.2) is 29.1 Å². The third-order valence-corrected chi connectivity index (χ3v) is 4.64. The molecule has 2 bridgehead atoms. The van der Waals surface area contributed by atoms with Crippen molar-refractivity contribution in [2.24, 2.45) is 5.11 Å². The van der Waals surface area contributed by atoms with Crippen LogP contribution < -0.4 is 0 Å². The molecule has 0 radical (unpaired) electrons. The van der Waals surface area contributed by atoms with E-state index in [1.807, 2.05) is 0 Å². The van der Waals surface area contributed by atoms with Crippen molar-refractivity contribution in [2.75, 3.05) is 0 Å². The Kier molecular flexibility index (Phi) is 3.59. The third-order valence-electron chi connectivity index (χ3n) is 4.64. The standard InChI is InChI=1S/C15H23N3/c16-17-12-10-14-8-9-15(11-12)18(14)13-6-4-2-1-3-5-7-13/h4,6,8-9,12-16H,1-3,5,7,10-11H2/b6-4-,17-16?/t12?,13?,14-,15+. The molecule has 0 aromatic heterocycles. The van der Waals surface area contributed by atoms with Gasteiger partial charge in [-0.05, 0) is 32.1 Å². The van der Waals surface area contributed by atoms with Crippen molar-refractivity contribution in [2.45, 2.75) is 69.1 Å². The van der Waals surface area contributed by atoms with Gasteiger partial charge in [0.25, 0.3) is 0 Å². The van der Waals surface area contributed by atoms with Gasteiger partial charge >= 0.3 is 0 Å². The molecular formula is C15H23N3. The highest BCUT2D eigenvalue weighted by Crippen LogP contribution is 2.35. The van der Waals surface area contributed by atoms with Crippen LogP contribution in [0.3, 0.4) is 0 Å². The Morgan fingerprint density at radius 2 is 1.72 bits per heavy atom. The molecule has 0 spiro atoms. The second-order valence-electron chi connectivity index (χ2n) is 5.85. The van der Waals surface area contributed by atoms with E-state index < -0.39 is 0 Å². The van der Waals surface area contributed by atoms with Gasteiger partial charge in [-0.25, -0.2) is 5.53 Å². The van der Waals surface area contributed by atoms with Crippen molar-refractivity contribution >= 4 is 0 Å². The zero-order valence-electron chi connectivity index (χ0n) is 11.0. The molecule has 1 N–H and O–H groups in total. The number of rotatable bonds is 2. The maximum absolute atomic E-state index is 7.24. The molecule has 0 amide bonds. The summed E-state index contributed by atoms with van der Waals surface area (Å²) in [5.41, 5.74) is 7.24. The predicted molar refractivity (Wildman–Crippen MR) is 72.7 cm³/mol. The van der Waals surface area contributed by atoms with E-state index in [4.69, 9.17) is 5.53 Å². The van der Waals surface area contributed by atoms with E-state index in [1.54, 1.807) is 0 Å². The quantitative estimate of drug-likeness (QED) is 0.585. The topological polar surface area (TPSA) is 39.5 Å². The monoisotopic (exact) mass is 245 g/mol. The lowest BCUT2D eigenvalue weighted by molar-refractivity contribution is 0.104. The molecule has 1 saturated heterocycles. The van der Waals surface area contributed by atoms with Gasteiger partial charge in [-0.3, -0.25) is 4.90 Å². The number of hydrogen-bond donors (Lipinski definition) is 1. The normalized spacial score (nSPS) is 42.2. The van der Waals surface area contributed by atoms with E-state index in [0.717, 1.165) is 12.8 Å². The van der Waals surface area contributed by atoms with Crippen LogP contribution >= 0.6 is 0 Å². The van der Waals surface area contributed by atoms with Gasteiger partial charge in [-0.15, -0.1) is 0 Å². The Morgan fingerprint density at radius 3 is 2.44 bits per heavy atom. The van der Waals surface area contributed by atoms with Crippen molar-refractivity contribution in [1.82, 2.24) is 4.90 Å².